The maximum absolute atomic E-state index is 14.9. The summed E-state index contributed by atoms with van der Waals surface area (Å²) in [5.41, 5.74) is 2.05. The van der Waals surface area contributed by atoms with Crippen molar-refractivity contribution in [2.24, 2.45) is 0 Å². The molecule has 5 nitrogen and oxygen atoms in total. The Hall–Kier alpha value is -2.31. The molecule has 7 heteroatoms. The largest absolute Gasteiger partial charge is 0.501 e. The molecule has 1 N–H and O–H groups in total. The van der Waals surface area contributed by atoms with Crippen LogP contribution in [0.15, 0.2) is 53.5 Å². The van der Waals surface area contributed by atoms with Gasteiger partial charge in [0.15, 0.2) is 0 Å². The molecule has 146 valence electrons. The lowest BCUT2D eigenvalue weighted by atomic mass is 10.0. The van der Waals surface area contributed by atoms with Crippen molar-refractivity contribution in [1.82, 2.24) is 9.97 Å². The predicted octanol–water partition coefficient (Wildman–Crippen LogP) is 5.10. The van der Waals surface area contributed by atoms with Gasteiger partial charge in [0.05, 0.1) is 30.3 Å². The predicted molar refractivity (Wildman–Crippen MR) is 105 cm³/mol. The van der Waals surface area contributed by atoms with Crippen molar-refractivity contribution in [3.63, 3.8) is 0 Å². The molecule has 0 aromatic carbocycles. The van der Waals surface area contributed by atoms with Gasteiger partial charge in [0.25, 0.3) is 0 Å². The molecule has 0 radical (unpaired) electrons. The van der Waals surface area contributed by atoms with Gasteiger partial charge in [-0.15, -0.1) is 0 Å². The van der Waals surface area contributed by atoms with Gasteiger partial charge in [0.2, 0.25) is 0 Å². The Morgan fingerprint density at radius 2 is 2.00 bits per heavy atom. The van der Waals surface area contributed by atoms with E-state index in [-0.39, 0.29) is 0 Å². The highest BCUT2D eigenvalue weighted by Crippen LogP contribution is 2.25. The molecule has 0 saturated heterocycles. The van der Waals surface area contributed by atoms with Crippen LogP contribution in [0.2, 0.25) is 5.02 Å². The van der Waals surface area contributed by atoms with Crippen molar-refractivity contribution in [3.05, 3.63) is 64.1 Å². The van der Waals surface area contributed by atoms with Gasteiger partial charge in [-0.3, -0.25) is 0 Å². The zero-order valence-electron chi connectivity index (χ0n) is 15.9. The number of nitrogens with zero attached hydrogens (tertiary/aromatic N) is 1. The zero-order chi connectivity index (χ0) is 19.8. The van der Waals surface area contributed by atoms with Crippen molar-refractivity contribution in [3.8, 4) is 0 Å². The first kappa shape index (κ1) is 21.0. The highest BCUT2D eigenvalue weighted by atomic mass is 35.5. The van der Waals surface area contributed by atoms with E-state index in [2.05, 4.69) is 9.97 Å². The van der Waals surface area contributed by atoms with Crippen molar-refractivity contribution >= 4 is 22.6 Å². The van der Waals surface area contributed by atoms with E-state index >= 15 is 0 Å². The number of nitrogens with one attached hydrogen (secondary N) is 1. The summed E-state index contributed by atoms with van der Waals surface area (Å²) in [5, 5.41) is 1.38. The van der Waals surface area contributed by atoms with Crippen molar-refractivity contribution in [1.29, 1.82) is 0 Å². The Morgan fingerprint density at radius 1 is 1.22 bits per heavy atom. The molecule has 0 aliphatic heterocycles. The molecule has 0 atom stereocenters. The third-order valence-electron chi connectivity index (χ3n) is 3.92. The minimum atomic E-state index is -0.398. The number of H-pyrrole nitrogens is 1. The summed E-state index contributed by atoms with van der Waals surface area (Å²) in [5.74, 6) is 0.669. The number of fused-ring (bicyclic) bond motifs is 1. The normalized spacial score (nSPS) is 13.7. The number of ether oxygens (including phenoxy) is 3. The van der Waals surface area contributed by atoms with Gasteiger partial charge >= 0.3 is 0 Å². The smallest absolute Gasteiger partial charge is 0.137 e. The number of methoxy groups -OCH3 is 2. The van der Waals surface area contributed by atoms with E-state index in [0.29, 0.717) is 47.4 Å². The van der Waals surface area contributed by atoms with Gasteiger partial charge < -0.3 is 19.2 Å². The molecule has 2 aromatic rings. The SMILES string of the molecule is COCCO/C(C)=C/C(F)=C(\C=C(/C)OC)Cc1c[nH]c2ncc(Cl)cc12. The average Bonchev–Trinajstić information content (AvgIpc) is 3.03. The summed E-state index contributed by atoms with van der Waals surface area (Å²) in [4.78, 5) is 7.32. The maximum Gasteiger partial charge on any atom is 0.137 e. The van der Waals surface area contributed by atoms with Gasteiger partial charge in [-0.1, -0.05) is 11.6 Å². The van der Waals surface area contributed by atoms with E-state index in [1.54, 1.807) is 40.3 Å². The summed E-state index contributed by atoms with van der Waals surface area (Å²) in [7, 11) is 3.13. The highest BCUT2D eigenvalue weighted by molar-refractivity contribution is 6.31. The van der Waals surface area contributed by atoms with Gasteiger partial charge in [-0.25, -0.2) is 9.37 Å². The minimum absolute atomic E-state index is 0.344. The first-order chi connectivity index (χ1) is 12.9. The number of pyridine rings is 1. The van der Waals surface area contributed by atoms with Crippen LogP contribution in [0.25, 0.3) is 11.0 Å². The van der Waals surface area contributed by atoms with Crippen LogP contribution in [0.5, 0.6) is 0 Å². The Morgan fingerprint density at radius 3 is 2.70 bits per heavy atom. The lowest BCUT2D eigenvalue weighted by molar-refractivity contribution is 0.110. The number of aromatic nitrogens is 2. The molecule has 2 rings (SSSR count). The van der Waals surface area contributed by atoms with Crippen LogP contribution >= 0.6 is 11.6 Å². The number of hydrogen-bond donors (Lipinski definition) is 1. The molecule has 0 bridgehead atoms. The zero-order valence-corrected chi connectivity index (χ0v) is 16.7. The second kappa shape index (κ2) is 10.1. The molecule has 0 amide bonds. The molecule has 2 heterocycles. The first-order valence-corrected chi connectivity index (χ1v) is 8.85. The lowest BCUT2D eigenvalue weighted by Gasteiger charge is -2.08. The third-order valence-corrected chi connectivity index (χ3v) is 4.12. The molecule has 0 unspecified atom stereocenters. The number of rotatable bonds is 9. The topological polar surface area (TPSA) is 56.4 Å². The Bertz CT molecular complexity index is 871. The molecular formula is C20H24ClFN2O3. The van der Waals surface area contributed by atoms with Crippen molar-refractivity contribution in [2.75, 3.05) is 27.4 Å². The number of halogens is 2. The molecule has 0 saturated carbocycles. The fraction of sp³-hybridized carbons (Fsp3) is 0.350. The minimum Gasteiger partial charge on any atom is -0.501 e. The molecular weight excluding hydrogens is 371 g/mol. The van der Waals surface area contributed by atoms with Crippen LogP contribution in [-0.2, 0) is 20.6 Å². The third kappa shape index (κ3) is 6.12. The van der Waals surface area contributed by atoms with Crippen LogP contribution < -0.4 is 0 Å². The van der Waals surface area contributed by atoms with E-state index < -0.39 is 5.83 Å². The van der Waals surface area contributed by atoms with Crippen LogP contribution in [0.4, 0.5) is 4.39 Å². The van der Waals surface area contributed by atoms with E-state index in [9.17, 15) is 4.39 Å². The summed E-state index contributed by atoms with van der Waals surface area (Å²) < 4.78 is 30.5. The number of allylic oxidation sites excluding steroid dienone is 6. The van der Waals surface area contributed by atoms with Crippen LogP contribution in [0.3, 0.4) is 0 Å². The van der Waals surface area contributed by atoms with Crippen LogP contribution in [0, 0.1) is 0 Å². The van der Waals surface area contributed by atoms with Gasteiger partial charge in [-0.2, -0.15) is 0 Å². The molecule has 0 spiro atoms. The Labute approximate surface area is 163 Å². The molecule has 2 aromatic heterocycles. The summed E-state index contributed by atoms with van der Waals surface area (Å²) >= 11 is 6.05. The molecule has 0 aliphatic rings. The summed E-state index contributed by atoms with van der Waals surface area (Å²) in [6, 6.07) is 1.81. The van der Waals surface area contributed by atoms with Gasteiger partial charge in [0, 0.05) is 37.4 Å². The number of hydrogen-bond acceptors (Lipinski definition) is 4. The molecule has 0 aliphatic carbocycles. The van der Waals surface area contributed by atoms with E-state index in [1.807, 2.05) is 12.3 Å². The molecule has 27 heavy (non-hydrogen) atoms. The first-order valence-electron chi connectivity index (χ1n) is 8.47. The second-order valence-corrected chi connectivity index (χ2v) is 6.41. The maximum atomic E-state index is 14.9. The Kier molecular flexibility index (Phi) is 7.88. The quantitative estimate of drug-likeness (QED) is 0.365. The standard InChI is InChI=1S/C20H24ClFN2O3/c1-13(26-4)7-15(19(22)8-14(2)27-6-5-25-3)9-16-11-23-20-18(16)10-17(21)12-24-20/h7-8,10-12H,5-6,9H2,1-4H3,(H,23,24)/b13-7+,14-8+,19-15-. The summed E-state index contributed by atoms with van der Waals surface area (Å²) in [6.45, 7) is 4.28. The monoisotopic (exact) mass is 394 g/mol. The van der Waals surface area contributed by atoms with Gasteiger partial charge in [0.1, 0.15) is 18.1 Å². The highest BCUT2D eigenvalue weighted by Gasteiger charge is 2.11. The molecule has 0 fully saturated rings. The fourth-order valence-electron chi connectivity index (χ4n) is 2.49. The van der Waals surface area contributed by atoms with Crippen molar-refractivity contribution in [2.45, 2.75) is 20.3 Å². The van der Waals surface area contributed by atoms with E-state index in [4.69, 9.17) is 25.8 Å². The summed E-state index contributed by atoms with van der Waals surface area (Å²) in [6.07, 6.45) is 6.76. The second-order valence-electron chi connectivity index (χ2n) is 5.97. The van der Waals surface area contributed by atoms with Crippen LogP contribution in [0.1, 0.15) is 19.4 Å². The Balaban J connectivity index is 2.35. The van der Waals surface area contributed by atoms with E-state index in [1.165, 1.54) is 6.08 Å². The number of aromatic amines is 1. The lowest BCUT2D eigenvalue weighted by Crippen LogP contribution is -2.00. The average molecular weight is 395 g/mol. The van der Waals surface area contributed by atoms with Gasteiger partial charge in [-0.05, 0) is 37.1 Å². The van der Waals surface area contributed by atoms with Crippen LogP contribution in [-0.4, -0.2) is 37.4 Å². The fourth-order valence-corrected chi connectivity index (χ4v) is 2.65. The van der Waals surface area contributed by atoms with E-state index in [0.717, 1.165) is 10.9 Å². The van der Waals surface area contributed by atoms with Crippen molar-refractivity contribution < 1.29 is 18.6 Å².